The number of nitriles is 1. The Morgan fingerprint density at radius 3 is 2.80 bits per heavy atom. The molecule has 0 bridgehead atoms. The van der Waals surface area contributed by atoms with E-state index < -0.39 is 10.2 Å². The summed E-state index contributed by atoms with van der Waals surface area (Å²) < 4.78 is 32.5. The van der Waals surface area contributed by atoms with Crippen LogP contribution in [0.15, 0.2) is 18.2 Å². The molecule has 0 saturated heterocycles. The maximum absolute atomic E-state index is 11.9. The molecule has 0 radical (unpaired) electrons. The van der Waals surface area contributed by atoms with Crippen molar-refractivity contribution in [1.82, 2.24) is 9.03 Å². The molecule has 0 spiro atoms. The van der Waals surface area contributed by atoms with Crippen LogP contribution >= 0.6 is 11.6 Å². The number of nitrogens with zero attached hydrogens (tertiary/aromatic N) is 2. The van der Waals surface area contributed by atoms with Gasteiger partial charge >= 0.3 is 0 Å². The van der Waals surface area contributed by atoms with Crippen molar-refractivity contribution in [2.45, 2.75) is 13.0 Å². The van der Waals surface area contributed by atoms with Crippen LogP contribution in [0.25, 0.3) is 0 Å². The summed E-state index contributed by atoms with van der Waals surface area (Å²) in [5, 5.41) is 8.96. The van der Waals surface area contributed by atoms with Gasteiger partial charge in [0.25, 0.3) is 10.2 Å². The van der Waals surface area contributed by atoms with Gasteiger partial charge in [-0.05, 0) is 18.2 Å². The summed E-state index contributed by atoms with van der Waals surface area (Å²) in [7, 11) is -0.723. The van der Waals surface area contributed by atoms with E-state index in [0.717, 1.165) is 4.31 Å². The number of methoxy groups -OCH3 is 1. The SMILES string of the molecule is COc1ccc(Cl)cc1CNS(=O)(=O)N(C)CCC#N. The first kappa shape index (κ1) is 16.7. The summed E-state index contributed by atoms with van der Waals surface area (Å²) in [6.07, 6.45) is 0.137. The molecule has 0 aliphatic heterocycles. The van der Waals surface area contributed by atoms with Gasteiger partial charge in [-0.2, -0.15) is 22.7 Å². The fourth-order valence-electron chi connectivity index (χ4n) is 1.49. The van der Waals surface area contributed by atoms with Crippen molar-refractivity contribution in [2.75, 3.05) is 20.7 Å². The largest absolute Gasteiger partial charge is 0.496 e. The Labute approximate surface area is 124 Å². The fourth-order valence-corrected chi connectivity index (χ4v) is 2.58. The minimum absolute atomic E-state index is 0.0585. The second-order valence-corrected chi connectivity index (χ2v) is 6.31. The lowest BCUT2D eigenvalue weighted by Crippen LogP contribution is -2.38. The third-order valence-electron chi connectivity index (χ3n) is 2.64. The van der Waals surface area contributed by atoms with Crippen LogP contribution in [-0.2, 0) is 16.8 Å². The number of rotatable bonds is 7. The smallest absolute Gasteiger partial charge is 0.279 e. The van der Waals surface area contributed by atoms with Crippen molar-refractivity contribution in [3.63, 3.8) is 0 Å². The molecule has 110 valence electrons. The van der Waals surface area contributed by atoms with E-state index in [4.69, 9.17) is 21.6 Å². The Hall–Kier alpha value is -1.33. The van der Waals surface area contributed by atoms with Crippen LogP contribution in [0.3, 0.4) is 0 Å². The lowest BCUT2D eigenvalue weighted by atomic mass is 10.2. The van der Waals surface area contributed by atoms with E-state index in [9.17, 15) is 8.42 Å². The first-order valence-electron chi connectivity index (χ1n) is 5.81. The van der Waals surface area contributed by atoms with Gasteiger partial charge in [0, 0.05) is 37.1 Å². The Kier molecular flexibility index (Phi) is 6.23. The van der Waals surface area contributed by atoms with Crippen molar-refractivity contribution in [3.05, 3.63) is 28.8 Å². The van der Waals surface area contributed by atoms with Gasteiger partial charge in [0.2, 0.25) is 0 Å². The molecule has 6 nitrogen and oxygen atoms in total. The molecule has 0 aliphatic rings. The Balaban J connectivity index is 2.76. The van der Waals surface area contributed by atoms with Gasteiger partial charge in [-0.15, -0.1) is 0 Å². The van der Waals surface area contributed by atoms with Crippen LogP contribution < -0.4 is 9.46 Å². The van der Waals surface area contributed by atoms with Gasteiger partial charge < -0.3 is 4.74 Å². The molecule has 1 N–H and O–H groups in total. The lowest BCUT2D eigenvalue weighted by Gasteiger charge is -2.17. The summed E-state index contributed by atoms with van der Waals surface area (Å²) in [6.45, 7) is 0.196. The van der Waals surface area contributed by atoms with Gasteiger partial charge in [0.05, 0.1) is 13.2 Å². The summed E-state index contributed by atoms with van der Waals surface area (Å²) in [6, 6.07) is 6.87. The average molecular weight is 318 g/mol. The van der Waals surface area contributed by atoms with E-state index in [1.807, 2.05) is 6.07 Å². The first-order valence-corrected chi connectivity index (χ1v) is 7.63. The molecule has 8 heteroatoms. The quantitative estimate of drug-likeness (QED) is 0.826. The number of nitrogens with one attached hydrogen (secondary N) is 1. The molecule has 0 unspecified atom stereocenters. The zero-order valence-electron chi connectivity index (χ0n) is 11.3. The second-order valence-electron chi connectivity index (χ2n) is 4.01. The van der Waals surface area contributed by atoms with E-state index in [2.05, 4.69) is 4.72 Å². The maximum atomic E-state index is 11.9. The molecular formula is C12H16ClN3O3S. The minimum Gasteiger partial charge on any atom is -0.496 e. The topological polar surface area (TPSA) is 82.4 Å². The zero-order chi connectivity index (χ0) is 15.2. The minimum atomic E-state index is -3.63. The molecular weight excluding hydrogens is 302 g/mol. The average Bonchev–Trinajstić information content (AvgIpc) is 2.42. The maximum Gasteiger partial charge on any atom is 0.279 e. The summed E-state index contributed by atoms with van der Waals surface area (Å²) >= 11 is 5.88. The van der Waals surface area contributed by atoms with Gasteiger partial charge in [-0.1, -0.05) is 11.6 Å². The molecule has 1 rings (SSSR count). The van der Waals surface area contributed by atoms with Crippen molar-refractivity contribution in [3.8, 4) is 11.8 Å². The Bertz CT molecular complexity index is 598. The highest BCUT2D eigenvalue weighted by Crippen LogP contribution is 2.22. The monoisotopic (exact) mass is 317 g/mol. The molecule has 0 heterocycles. The van der Waals surface area contributed by atoms with Crippen LogP contribution in [0.4, 0.5) is 0 Å². The van der Waals surface area contributed by atoms with Gasteiger partial charge in [0.15, 0.2) is 0 Å². The predicted octanol–water partition coefficient (Wildman–Crippen LogP) is 1.53. The molecule has 0 amide bonds. The zero-order valence-corrected chi connectivity index (χ0v) is 12.8. The molecule has 20 heavy (non-hydrogen) atoms. The second kappa shape index (κ2) is 7.45. The fraction of sp³-hybridized carbons (Fsp3) is 0.417. The number of hydrogen-bond acceptors (Lipinski definition) is 4. The summed E-state index contributed by atoms with van der Waals surface area (Å²) in [4.78, 5) is 0. The van der Waals surface area contributed by atoms with E-state index in [1.54, 1.807) is 18.2 Å². The third-order valence-corrected chi connectivity index (χ3v) is 4.38. The highest BCUT2D eigenvalue weighted by atomic mass is 35.5. The van der Waals surface area contributed by atoms with E-state index in [1.165, 1.54) is 14.2 Å². The van der Waals surface area contributed by atoms with Crippen LogP contribution in [-0.4, -0.2) is 33.4 Å². The van der Waals surface area contributed by atoms with Crippen LogP contribution in [0.5, 0.6) is 5.75 Å². The number of benzene rings is 1. The summed E-state index contributed by atoms with van der Waals surface area (Å²) in [5.41, 5.74) is 0.636. The van der Waals surface area contributed by atoms with E-state index in [0.29, 0.717) is 16.3 Å². The Morgan fingerprint density at radius 2 is 2.20 bits per heavy atom. The normalized spacial score (nSPS) is 11.3. The van der Waals surface area contributed by atoms with Crippen molar-refractivity contribution < 1.29 is 13.2 Å². The predicted molar refractivity (Wildman–Crippen MR) is 76.6 cm³/mol. The molecule has 1 aromatic rings. The third kappa shape index (κ3) is 4.65. The van der Waals surface area contributed by atoms with Crippen molar-refractivity contribution in [1.29, 1.82) is 5.26 Å². The summed E-state index contributed by atoms with van der Waals surface area (Å²) in [5.74, 6) is 0.553. The Morgan fingerprint density at radius 1 is 1.50 bits per heavy atom. The van der Waals surface area contributed by atoms with E-state index in [-0.39, 0.29) is 19.5 Å². The molecule has 0 atom stereocenters. The van der Waals surface area contributed by atoms with Crippen LogP contribution in [0.2, 0.25) is 5.02 Å². The van der Waals surface area contributed by atoms with Gasteiger partial charge in [-0.3, -0.25) is 0 Å². The molecule has 0 saturated carbocycles. The molecule has 1 aromatic carbocycles. The highest BCUT2D eigenvalue weighted by molar-refractivity contribution is 7.87. The number of ether oxygens (including phenoxy) is 1. The molecule has 0 aliphatic carbocycles. The van der Waals surface area contributed by atoms with Crippen LogP contribution in [0.1, 0.15) is 12.0 Å². The first-order chi connectivity index (χ1) is 9.40. The van der Waals surface area contributed by atoms with E-state index >= 15 is 0 Å². The molecule has 0 fully saturated rings. The molecule has 0 aromatic heterocycles. The van der Waals surface area contributed by atoms with Crippen molar-refractivity contribution in [2.24, 2.45) is 0 Å². The standard InChI is InChI=1S/C12H16ClN3O3S/c1-16(7-3-6-14)20(17,18)15-9-10-8-11(13)4-5-12(10)19-2/h4-5,8,15H,3,7,9H2,1-2H3. The van der Waals surface area contributed by atoms with Gasteiger partial charge in [0.1, 0.15) is 5.75 Å². The number of hydrogen-bond donors (Lipinski definition) is 1. The van der Waals surface area contributed by atoms with Gasteiger partial charge in [-0.25, -0.2) is 0 Å². The van der Waals surface area contributed by atoms with Crippen LogP contribution in [0, 0.1) is 11.3 Å². The van der Waals surface area contributed by atoms with Crippen molar-refractivity contribution >= 4 is 21.8 Å². The lowest BCUT2D eigenvalue weighted by molar-refractivity contribution is 0.408. The highest BCUT2D eigenvalue weighted by Gasteiger charge is 2.17. The number of halogens is 1.